The van der Waals surface area contributed by atoms with Gasteiger partial charge in [-0.1, -0.05) is 17.7 Å². The van der Waals surface area contributed by atoms with Crippen molar-refractivity contribution in [1.82, 2.24) is 9.62 Å². The number of nitrogens with zero attached hydrogens (tertiary/aromatic N) is 1. The minimum absolute atomic E-state index is 0.0561. The monoisotopic (exact) mass is 402 g/mol. The molecule has 1 saturated heterocycles. The van der Waals surface area contributed by atoms with Gasteiger partial charge in [-0.25, -0.2) is 13.1 Å². The van der Waals surface area contributed by atoms with Gasteiger partial charge < -0.3 is 4.90 Å². The van der Waals surface area contributed by atoms with Crippen molar-refractivity contribution >= 4 is 50.2 Å². The first kappa shape index (κ1) is 16.5. The zero-order chi connectivity index (χ0) is 16.9. The minimum atomic E-state index is -3.52. The van der Waals surface area contributed by atoms with Crippen molar-refractivity contribution in [3.8, 4) is 0 Å². The van der Waals surface area contributed by atoms with E-state index in [0.717, 1.165) is 12.8 Å². The standard InChI is InChI=1S/C15H15ClN2O3S3/c16-13-4-3-12(23-13)15(19)18-8-9-6-10(11(18)7-9)17-24(20,21)14-2-1-5-22-14/h1-5,9-11,17H,6-8H2. The lowest BCUT2D eigenvalue weighted by atomic mass is 10.1. The first-order valence-electron chi connectivity index (χ1n) is 7.56. The van der Waals surface area contributed by atoms with Crippen LogP contribution >= 0.6 is 34.3 Å². The van der Waals surface area contributed by atoms with E-state index in [1.807, 2.05) is 0 Å². The number of fused-ring (bicyclic) bond motifs is 2. The number of sulfonamides is 1. The van der Waals surface area contributed by atoms with Crippen molar-refractivity contribution in [3.63, 3.8) is 0 Å². The predicted molar refractivity (Wildman–Crippen MR) is 95.3 cm³/mol. The molecule has 4 rings (SSSR count). The number of piperidine rings is 1. The second-order valence-electron chi connectivity index (χ2n) is 6.13. The summed E-state index contributed by atoms with van der Waals surface area (Å²) in [6, 6.07) is 6.44. The Kier molecular flexibility index (Phi) is 4.20. The van der Waals surface area contributed by atoms with Gasteiger partial charge in [0, 0.05) is 18.6 Å². The molecule has 2 aromatic rings. The summed E-state index contributed by atoms with van der Waals surface area (Å²) in [4.78, 5) is 15.1. The predicted octanol–water partition coefficient (Wildman–Crippen LogP) is 3.04. The number of likely N-dealkylation sites (tertiary alicyclic amines) is 1. The van der Waals surface area contributed by atoms with Crippen molar-refractivity contribution in [2.75, 3.05) is 6.54 Å². The topological polar surface area (TPSA) is 66.5 Å². The Morgan fingerprint density at radius 3 is 2.75 bits per heavy atom. The molecule has 1 N–H and O–H groups in total. The highest BCUT2D eigenvalue weighted by Crippen LogP contribution is 2.40. The van der Waals surface area contributed by atoms with Crippen molar-refractivity contribution < 1.29 is 13.2 Å². The highest BCUT2D eigenvalue weighted by molar-refractivity contribution is 7.91. The Labute approximate surface area is 153 Å². The molecular formula is C15H15ClN2O3S3. The average Bonchev–Trinajstić information content (AvgIpc) is 3.29. The van der Waals surface area contributed by atoms with Gasteiger partial charge in [-0.15, -0.1) is 22.7 Å². The molecule has 2 fully saturated rings. The van der Waals surface area contributed by atoms with Crippen LogP contribution in [0.5, 0.6) is 0 Å². The van der Waals surface area contributed by atoms with Crippen LogP contribution in [0.25, 0.3) is 0 Å². The van der Waals surface area contributed by atoms with Crippen molar-refractivity contribution in [2.45, 2.75) is 29.1 Å². The molecule has 1 saturated carbocycles. The van der Waals surface area contributed by atoms with E-state index in [9.17, 15) is 13.2 Å². The lowest BCUT2D eigenvalue weighted by molar-refractivity contribution is 0.0683. The van der Waals surface area contributed by atoms with Gasteiger partial charge in [-0.05, 0) is 42.3 Å². The van der Waals surface area contributed by atoms with Gasteiger partial charge in [0.25, 0.3) is 5.91 Å². The van der Waals surface area contributed by atoms with Crippen LogP contribution < -0.4 is 4.72 Å². The Hall–Kier alpha value is -0.930. The largest absolute Gasteiger partial charge is 0.333 e. The summed E-state index contributed by atoms with van der Waals surface area (Å²) in [6.45, 7) is 0.691. The van der Waals surface area contributed by atoms with E-state index in [1.54, 1.807) is 34.5 Å². The van der Waals surface area contributed by atoms with Crippen molar-refractivity contribution in [1.29, 1.82) is 0 Å². The van der Waals surface area contributed by atoms with Gasteiger partial charge in [-0.3, -0.25) is 4.79 Å². The SMILES string of the molecule is O=C(c1ccc(Cl)s1)N1CC2CC(NS(=O)(=O)c3cccs3)C1C2. The van der Waals surface area contributed by atoms with Crippen molar-refractivity contribution in [2.24, 2.45) is 5.92 Å². The van der Waals surface area contributed by atoms with Gasteiger partial charge in [0.05, 0.1) is 9.21 Å². The van der Waals surface area contributed by atoms with Gasteiger partial charge in [-0.2, -0.15) is 0 Å². The summed E-state index contributed by atoms with van der Waals surface area (Å²) >= 11 is 8.38. The molecule has 3 heterocycles. The van der Waals surface area contributed by atoms with Gasteiger partial charge in [0.2, 0.25) is 10.0 Å². The molecular weight excluding hydrogens is 388 g/mol. The second-order valence-corrected chi connectivity index (χ2v) is 10.7. The molecule has 2 bridgehead atoms. The zero-order valence-corrected chi connectivity index (χ0v) is 15.7. The molecule has 3 atom stereocenters. The molecule has 1 aliphatic heterocycles. The van der Waals surface area contributed by atoms with Crippen LogP contribution in [0.4, 0.5) is 0 Å². The molecule has 0 spiro atoms. The average molecular weight is 403 g/mol. The maximum absolute atomic E-state index is 12.7. The quantitative estimate of drug-likeness (QED) is 0.854. The first-order valence-corrected chi connectivity index (χ1v) is 11.1. The maximum atomic E-state index is 12.7. The molecule has 0 aromatic carbocycles. The molecule has 3 unspecified atom stereocenters. The van der Waals surface area contributed by atoms with Gasteiger partial charge >= 0.3 is 0 Å². The molecule has 9 heteroatoms. The Balaban J connectivity index is 1.52. The lowest BCUT2D eigenvalue weighted by Crippen LogP contribution is -2.51. The van der Waals surface area contributed by atoms with E-state index in [-0.39, 0.29) is 18.0 Å². The van der Waals surface area contributed by atoms with Crippen LogP contribution in [-0.2, 0) is 10.0 Å². The highest BCUT2D eigenvalue weighted by Gasteiger charge is 2.48. The van der Waals surface area contributed by atoms with Crippen LogP contribution in [-0.4, -0.2) is 37.9 Å². The Morgan fingerprint density at radius 2 is 2.12 bits per heavy atom. The summed E-state index contributed by atoms with van der Waals surface area (Å²) in [5.41, 5.74) is 0. The highest BCUT2D eigenvalue weighted by atomic mass is 35.5. The fraction of sp³-hybridized carbons (Fsp3) is 0.400. The van der Waals surface area contributed by atoms with E-state index >= 15 is 0 Å². The second kappa shape index (κ2) is 6.10. The van der Waals surface area contributed by atoms with Crippen LogP contribution in [0.3, 0.4) is 0 Å². The molecule has 24 heavy (non-hydrogen) atoms. The van der Waals surface area contributed by atoms with E-state index in [1.165, 1.54) is 22.7 Å². The van der Waals surface area contributed by atoms with E-state index in [4.69, 9.17) is 11.6 Å². The number of thiophene rings is 2. The Morgan fingerprint density at radius 1 is 1.29 bits per heavy atom. The minimum Gasteiger partial charge on any atom is -0.333 e. The summed E-state index contributed by atoms with van der Waals surface area (Å²) in [7, 11) is -3.52. The van der Waals surface area contributed by atoms with Crippen LogP contribution in [0.15, 0.2) is 33.9 Å². The van der Waals surface area contributed by atoms with Crippen LogP contribution in [0, 0.1) is 5.92 Å². The fourth-order valence-electron chi connectivity index (χ4n) is 3.63. The third kappa shape index (κ3) is 2.90. The lowest BCUT2D eigenvalue weighted by Gasteiger charge is -2.33. The smallest absolute Gasteiger partial charge is 0.264 e. The van der Waals surface area contributed by atoms with E-state index in [0.29, 0.717) is 25.9 Å². The number of rotatable bonds is 4. The van der Waals surface area contributed by atoms with Gasteiger partial charge in [0.15, 0.2) is 0 Å². The number of carbonyl (C=O) groups is 1. The normalized spacial score (nSPS) is 26.2. The van der Waals surface area contributed by atoms with Crippen LogP contribution in [0.2, 0.25) is 4.34 Å². The summed E-state index contributed by atoms with van der Waals surface area (Å²) in [5, 5.41) is 1.74. The zero-order valence-electron chi connectivity index (χ0n) is 12.5. The van der Waals surface area contributed by atoms with Gasteiger partial charge in [0.1, 0.15) is 4.21 Å². The third-order valence-corrected chi connectivity index (χ3v) is 8.70. The van der Waals surface area contributed by atoms with Crippen LogP contribution in [0.1, 0.15) is 22.5 Å². The number of hydrogen-bond acceptors (Lipinski definition) is 5. The van der Waals surface area contributed by atoms with E-state index in [2.05, 4.69) is 4.72 Å². The van der Waals surface area contributed by atoms with Crippen molar-refractivity contribution in [3.05, 3.63) is 38.9 Å². The maximum Gasteiger partial charge on any atom is 0.264 e. The fourth-order valence-corrected chi connectivity index (χ4v) is 6.92. The third-order valence-electron chi connectivity index (χ3n) is 4.59. The molecule has 5 nitrogen and oxygen atoms in total. The number of amides is 1. The number of halogens is 1. The number of nitrogens with one attached hydrogen (secondary N) is 1. The summed E-state index contributed by atoms with van der Waals surface area (Å²) < 4.78 is 28.6. The van der Waals surface area contributed by atoms with E-state index < -0.39 is 10.0 Å². The first-order chi connectivity index (χ1) is 11.4. The number of carbonyl (C=O) groups excluding carboxylic acids is 1. The molecule has 128 valence electrons. The summed E-state index contributed by atoms with van der Waals surface area (Å²) in [6.07, 6.45) is 1.63. The molecule has 0 radical (unpaired) electrons. The number of hydrogen-bond donors (Lipinski definition) is 1. The molecule has 2 aromatic heterocycles. The Bertz CT molecular complexity index is 862. The summed E-state index contributed by atoms with van der Waals surface area (Å²) in [5.74, 6) is 0.296. The molecule has 2 aliphatic rings. The molecule has 1 aliphatic carbocycles. The molecule has 1 amide bonds.